The maximum Gasteiger partial charge on any atom is 0.170 e. The molecule has 0 bridgehead atoms. The number of anilines is 1. The highest BCUT2D eigenvalue weighted by Gasteiger charge is 2.19. The van der Waals surface area contributed by atoms with Gasteiger partial charge in [-0.3, -0.25) is 14.5 Å². The number of benzene rings is 1. The predicted molar refractivity (Wildman–Crippen MR) is 133 cm³/mol. The van der Waals surface area contributed by atoms with Crippen LogP contribution >= 0.6 is 0 Å². The molecular formula is C25H29N7O3. The molecule has 0 radical (unpaired) electrons. The minimum atomic E-state index is 0.584. The van der Waals surface area contributed by atoms with Crippen molar-refractivity contribution in [1.82, 2.24) is 29.4 Å². The van der Waals surface area contributed by atoms with E-state index in [1.54, 1.807) is 26.6 Å². The number of morpholine rings is 1. The molecule has 0 atom stereocenters. The van der Waals surface area contributed by atoms with E-state index in [-0.39, 0.29) is 0 Å². The number of rotatable bonds is 8. The van der Waals surface area contributed by atoms with Gasteiger partial charge in [-0.05, 0) is 31.2 Å². The van der Waals surface area contributed by atoms with E-state index in [2.05, 4.69) is 15.2 Å². The van der Waals surface area contributed by atoms with Crippen molar-refractivity contribution in [3.8, 4) is 28.6 Å². The average Bonchev–Trinajstić information content (AvgIpc) is 3.25. The molecule has 4 heterocycles. The summed E-state index contributed by atoms with van der Waals surface area (Å²) in [6.07, 6.45) is 3.50. The first-order valence-electron chi connectivity index (χ1n) is 11.6. The summed E-state index contributed by atoms with van der Waals surface area (Å²) in [4.78, 5) is 21.2. The van der Waals surface area contributed by atoms with Crippen molar-refractivity contribution in [1.29, 1.82) is 0 Å². The zero-order valence-corrected chi connectivity index (χ0v) is 20.2. The van der Waals surface area contributed by atoms with Gasteiger partial charge in [-0.1, -0.05) is 0 Å². The van der Waals surface area contributed by atoms with E-state index in [4.69, 9.17) is 29.2 Å². The molecule has 1 aliphatic heterocycles. The van der Waals surface area contributed by atoms with Crippen LogP contribution in [0.3, 0.4) is 0 Å². The molecule has 3 aromatic heterocycles. The molecule has 0 saturated carbocycles. The summed E-state index contributed by atoms with van der Waals surface area (Å²) in [5.74, 6) is 3.37. The molecular weight excluding hydrogens is 446 g/mol. The first-order valence-corrected chi connectivity index (χ1v) is 11.6. The summed E-state index contributed by atoms with van der Waals surface area (Å²) < 4.78 is 18.4. The molecule has 0 spiro atoms. The fourth-order valence-electron chi connectivity index (χ4n) is 4.24. The lowest BCUT2D eigenvalue weighted by atomic mass is 10.2. The normalized spacial score (nSPS) is 14.3. The van der Waals surface area contributed by atoms with Crippen LogP contribution in [0.2, 0.25) is 0 Å². The second-order valence-electron chi connectivity index (χ2n) is 8.22. The number of imidazole rings is 1. The Morgan fingerprint density at radius 3 is 2.60 bits per heavy atom. The van der Waals surface area contributed by atoms with Crippen molar-refractivity contribution in [2.75, 3.05) is 58.9 Å². The second-order valence-corrected chi connectivity index (χ2v) is 8.22. The number of aryl methyl sites for hydroxylation is 1. The van der Waals surface area contributed by atoms with Crippen LogP contribution in [0.25, 0.3) is 28.2 Å². The van der Waals surface area contributed by atoms with Gasteiger partial charge < -0.3 is 19.5 Å². The number of nitrogens with zero attached hydrogens (tertiary/aromatic N) is 6. The lowest BCUT2D eigenvalue weighted by Gasteiger charge is -2.26. The van der Waals surface area contributed by atoms with E-state index in [1.165, 1.54) is 0 Å². The van der Waals surface area contributed by atoms with Crippen LogP contribution in [-0.2, 0) is 4.74 Å². The second kappa shape index (κ2) is 10.2. The number of hydrogen-bond acceptors (Lipinski definition) is 9. The maximum absolute atomic E-state index is 5.53. The minimum Gasteiger partial charge on any atom is -0.493 e. The molecule has 1 saturated heterocycles. The van der Waals surface area contributed by atoms with Crippen molar-refractivity contribution < 1.29 is 14.2 Å². The largest absolute Gasteiger partial charge is 0.493 e. The Balaban J connectivity index is 1.57. The van der Waals surface area contributed by atoms with Gasteiger partial charge in [0.25, 0.3) is 0 Å². The van der Waals surface area contributed by atoms with Crippen molar-refractivity contribution in [2.45, 2.75) is 6.92 Å². The zero-order chi connectivity index (χ0) is 24.2. The van der Waals surface area contributed by atoms with Gasteiger partial charge in [0.05, 0.1) is 33.1 Å². The Morgan fingerprint density at radius 2 is 1.86 bits per heavy atom. The van der Waals surface area contributed by atoms with E-state index < -0.39 is 0 Å². The summed E-state index contributed by atoms with van der Waals surface area (Å²) in [5.41, 5.74) is 3.13. The summed E-state index contributed by atoms with van der Waals surface area (Å²) in [6.45, 7) is 7.02. The van der Waals surface area contributed by atoms with Crippen LogP contribution in [0.5, 0.6) is 11.5 Å². The minimum absolute atomic E-state index is 0.584. The van der Waals surface area contributed by atoms with Crippen LogP contribution in [0.15, 0.2) is 42.7 Å². The molecule has 0 unspecified atom stereocenters. The van der Waals surface area contributed by atoms with Gasteiger partial charge in [-0.15, -0.1) is 0 Å². The zero-order valence-electron chi connectivity index (χ0n) is 20.2. The molecule has 0 amide bonds. The first-order chi connectivity index (χ1) is 17.2. The van der Waals surface area contributed by atoms with Crippen LogP contribution in [0, 0.1) is 6.92 Å². The van der Waals surface area contributed by atoms with Gasteiger partial charge in [-0.25, -0.2) is 15.0 Å². The van der Waals surface area contributed by atoms with E-state index in [1.807, 2.05) is 41.8 Å². The van der Waals surface area contributed by atoms with Crippen molar-refractivity contribution in [3.63, 3.8) is 0 Å². The fourth-order valence-corrected chi connectivity index (χ4v) is 4.24. The van der Waals surface area contributed by atoms with Gasteiger partial charge in [0.2, 0.25) is 0 Å². The average molecular weight is 476 g/mol. The third-order valence-corrected chi connectivity index (χ3v) is 6.04. The van der Waals surface area contributed by atoms with E-state index >= 15 is 0 Å². The van der Waals surface area contributed by atoms with Crippen molar-refractivity contribution in [3.05, 3.63) is 48.5 Å². The molecule has 10 heteroatoms. The molecule has 35 heavy (non-hydrogen) atoms. The van der Waals surface area contributed by atoms with Gasteiger partial charge in [0, 0.05) is 50.2 Å². The van der Waals surface area contributed by atoms with Gasteiger partial charge >= 0.3 is 0 Å². The lowest BCUT2D eigenvalue weighted by Crippen LogP contribution is -2.39. The molecule has 5 rings (SSSR count). The molecule has 4 aromatic rings. The third kappa shape index (κ3) is 4.75. The third-order valence-electron chi connectivity index (χ3n) is 6.04. The van der Waals surface area contributed by atoms with Crippen molar-refractivity contribution >= 4 is 17.0 Å². The first kappa shape index (κ1) is 23.0. The Morgan fingerprint density at radius 1 is 1.03 bits per heavy atom. The quantitative estimate of drug-likeness (QED) is 0.412. The SMILES string of the molecule is COc1ccc(-n2c(C)nc3c(NCCN4CCOCC4)nc(-c4cccnc4)nc32)cc1OC. The Bertz CT molecular complexity index is 1300. The van der Waals surface area contributed by atoms with Crippen LogP contribution in [-0.4, -0.2) is 83.0 Å². The van der Waals surface area contributed by atoms with E-state index in [9.17, 15) is 0 Å². The fraction of sp³-hybridized carbons (Fsp3) is 0.360. The number of pyridine rings is 1. The highest BCUT2D eigenvalue weighted by Crippen LogP contribution is 2.32. The molecule has 1 fully saturated rings. The number of fused-ring (bicyclic) bond motifs is 1. The van der Waals surface area contributed by atoms with Gasteiger partial charge in [0.1, 0.15) is 5.82 Å². The number of methoxy groups -OCH3 is 2. The van der Waals surface area contributed by atoms with Crippen molar-refractivity contribution in [2.24, 2.45) is 0 Å². The summed E-state index contributed by atoms with van der Waals surface area (Å²) >= 11 is 0. The number of aromatic nitrogens is 5. The van der Waals surface area contributed by atoms with Crippen LogP contribution in [0.4, 0.5) is 5.82 Å². The van der Waals surface area contributed by atoms with Crippen LogP contribution in [0.1, 0.15) is 5.82 Å². The summed E-state index contributed by atoms with van der Waals surface area (Å²) in [5, 5.41) is 3.50. The smallest absolute Gasteiger partial charge is 0.170 e. The lowest BCUT2D eigenvalue weighted by molar-refractivity contribution is 0.0398. The molecule has 10 nitrogen and oxygen atoms in total. The maximum atomic E-state index is 5.53. The highest BCUT2D eigenvalue weighted by atomic mass is 16.5. The predicted octanol–water partition coefficient (Wildman–Crippen LogP) is 2.95. The van der Waals surface area contributed by atoms with E-state index in [0.717, 1.165) is 56.5 Å². The molecule has 1 aliphatic rings. The standard InChI is InChI=1S/C25H29N7O3/c1-17-28-22-24(27-9-10-31-11-13-35-14-12-31)29-23(18-5-4-8-26-16-18)30-25(22)32(17)19-6-7-20(33-2)21(15-19)34-3/h4-8,15-16H,9-14H2,1-3H3,(H,27,29,30). The highest BCUT2D eigenvalue weighted by molar-refractivity contribution is 5.87. The topological polar surface area (TPSA) is 99.5 Å². The number of hydrogen-bond donors (Lipinski definition) is 1. The molecule has 182 valence electrons. The summed E-state index contributed by atoms with van der Waals surface area (Å²) in [7, 11) is 3.25. The number of ether oxygens (including phenoxy) is 3. The molecule has 1 aromatic carbocycles. The van der Waals surface area contributed by atoms with E-state index in [0.29, 0.717) is 34.3 Å². The van der Waals surface area contributed by atoms with Crippen LogP contribution < -0.4 is 14.8 Å². The Labute approximate surface area is 203 Å². The van der Waals surface area contributed by atoms with Gasteiger partial charge in [-0.2, -0.15) is 0 Å². The molecule has 1 N–H and O–H groups in total. The molecule has 0 aliphatic carbocycles. The Hall–Kier alpha value is -3.76. The monoisotopic (exact) mass is 475 g/mol. The van der Waals surface area contributed by atoms with Gasteiger partial charge in [0.15, 0.2) is 34.3 Å². The summed E-state index contributed by atoms with van der Waals surface area (Å²) in [6, 6.07) is 9.60. The number of nitrogens with one attached hydrogen (secondary N) is 1. The Kier molecular flexibility index (Phi) is 6.73.